The highest BCUT2D eigenvalue weighted by Crippen LogP contribution is 2.42. The number of fused-ring (bicyclic) bond motifs is 3. The number of carbonyl (C=O) groups excluding carboxylic acids is 1. The van der Waals surface area contributed by atoms with Crippen molar-refractivity contribution >= 4 is 39.3 Å². The van der Waals surface area contributed by atoms with Crippen molar-refractivity contribution in [2.45, 2.75) is 18.3 Å². The quantitative estimate of drug-likeness (QED) is 0.386. The minimum Gasteiger partial charge on any atom is -0.481 e. The molecular weight excluding hydrogens is 484 g/mol. The lowest BCUT2D eigenvalue weighted by molar-refractivity contribution is -0.145. The Labute approximate surface area is 191 Å². The third-order valence-corrected chi connectivity index (χ3v) is 5.45. The van der Waals surface area contributed by atoms with Crippen LogP contribution in [0.2, 0.25) is 0 Å². The summed E-state index contributed by atoms with van der Waals surface area (Å²) in [6, 6.07) is 13.1. The van der Waals surface area contributed by atoms with Gasteiger partial charge in [-0.25, -0.2) is 4.79 Å². The van der Waals surface area contributed by atoms with Crippen LogP contribution in [0.25, 0.3) is 11.3 Å². The van der Waals surface area contributed by atoms with Crippen molar-refractivity contribution < 1.29 is 19.0 Å². The van der Waals surface area contributed by atoms with E-state index < -0.39 is 12.2 Å². The predicted octanol–water partition coefficient (Wildman–Crippen LogP) is 4.47. The van der Waals surface area contributed by atoms with Crippen molar-refractivity contribution in [1.82, 2.24) is 15.2 Å². The summed E-state index contributed by atoms with van der Waals surface area (Å²) in [6.07, 6.45) is 1.24. The summed E-state index contributed by atoms with van der Waals surface area (Å²) in [5.74, 6) is 0.422. The highest BCUT2D eigenvalue weighted by atomic mass is 79.9. The largest absolute Gasteiger partial charge is 0.481 e. The lowest BCUT2D eigenvalue weighted by Gasteiger charge is -2.21. The lowest BCUT2D eigenvalue weighted by atomic mass is 10.1. The Morgan fingerprint density at radius 1 is 1.26 bits per heavy atom. The molecule has 31 heavy (non-hydrogen) atoms. The molecule has 0 saturated heterocycles. The van der Waals surface area contributed by atoms with E-state index in [1.54, 1.807) is 13.0 Å². The fourth-order valence-corrected chi connectivity index (χ4v) is 3.72. The maximum Gasteiger partial charge on any atom is 0.344 e. The van der Waals surface area contributed by atoms with Crippen molar-refractivity contribution in [3.8, 4) is 22.9 Å². The molecule has 0 radical (unpaired) electrons. The summed E-state index contributed by atoms with van der Waals surface area (Å²) in [4.78, 5) is 16.3. The van der Waals surface area contributed by atoms with Crippen LogP contribution in [0.4, 0.5) is 5.69 Å². The van der Waals surface area contributed by atoms with Gasteiger partial charge in [-0.15, -0.1) is 10.2 Å². The smallest absolute Gasteiger partial charge is 0.344 e. The zero-order valence-corrected chi connectivity index (χ0v) is 19.2. The monoisotopic (exact) mass is 502 g/mol. The second-order valence-electron chi connectivity index (χ2n) is 6.42. The first-order chi connectivity index (χ1) is 15.1. The van der Waals surface area contributed by atoms with Gasteiger partial charge >= 0.3 is 5.97 Å². The van der Waals surface area contributed by atoms with Gasteiger partial charge in [-0.05, 0) is 43.5 Å². The number of aromatic nitrogens is 3. The molecule has 1 aliphatic heterocycles. The molecule has 1 atom stereocenters. The predicted molar refractivity (Wildman–Crippen MR) is 120 cm³/mol. The first-order valence-electron chi connectivity index (χ1n) is 9.48. The third kappa shape index (κ3) is 4.75. The van der Waals surface area contributed by atoms with Crippen LogP contribution < -0.4 is 14.8 Å². The first-order valence-corrected chi connectivity index (χ1v) is 11.5. The van der Waals surface area contributed by atoms with E-state index in [2.05, 4.69) is 36.4 Å². The Morgan fingerprint density at radius 3 is 2.90 bits per heavy atom. The van der Waals surface area contributed by atoms with Crippen LogP contribution >= 0.6 is 27.7 Å². The molecule has 160 valence electrons. The van der Waals surface area contributed by atoms with Crippen LogP contribution in [0.15, 0.2) is 52.1 Å². The number of halogens is 1. The number of rotatable bonds is 6. The molecule has 2 aromatic carbocycles. The van der Waals surface area contributed by atoms with Crippen molar-refractivity contribution in [2.75, 3.05) is 24.8 Å². The highest BCUT2D eigenvalue weighted by molar-refractivity contribution is 9.10. The van der Waals surface area contributed by atoms with Gasteiger partial charge in [0, 0.05) is 15.7 Å². The van der Waals surface area contributed by atoms with Crippen molar-refractivity contribution in [1.29, 1.82) is 0 Å². The number of esters is 1. The summed E-state index contributed by atoms with van der Waals surface area (Å²) in [7, 11) is 0. The minimum absolute atomic E-state index is 0.196. The maximum absolute atomic E-state index is 11.8. The van der Waals surface area contributed by atoms with Crippen LogP contribution in [0, 0.1) is 0 Å². The number of nitrogens with zero attached hydrogens (tertiary/aromatic N) is 3. The number of ether oxygens (including phenoxy) is 3. The van der Waals surface area contributed by atoms with Gasteiger partial charge in [-0.3, -0.25) is 0 Å². The number of carbonyl (C=O) groups is 1. The van der Waals surface area contributed by atoms with Crippen molar-refractivity contribution in [3.63, 3.8) is 0 Å². The molecule has 1 unspecified atom stereocenters. The summed E-state index contributed by atoms with van der Waals surface area (Å²) in [6.45, 7) is 1.85. The number of para-hydroxylation sites is 1. The van der Waals surface area contributed by atoms with Crippen LogP contribution in [0.1, 0.15) is 18.7 Å². The molecule has 2 heterocycles. The molecule has 8 nitrogen and oxygen atoms in total. The van der Waals surface area contributed by atoms with Crippen molar-refractivity contribution in [3.05, 3.63) is 52.5 Å². The molecule has 1 aromatic heterocycles. The van der Waals surface area contributed by atoms with Gasteiger partial charge in [0.05, 0.1) is 12.2 Å². The lowest BCUT2D eigenvalue weighted by Crippen LogP contribution is -2.20. The molecule has 0 saturated carbocycles. The van der Waals surface area contributed by atoms with Gasteiger partial charge in [-0.2, -0.15) is 4.98 Å². The topological polar surface area (TPSA) is 95.5 Å². The van der Waals surface area contributed by atoms with Crippen LogP contribution in [-0.2, 0) is 9.53 Å². The van der Waals surface area contributed by atoms with Gasteiger partial charge in [0.25, 0.3) is 0 Å². The second kappa shape index (κ2) is 9.52. The Balaban J connectivity index is 1.74. The number of benzene rings is 2. The van der Waals surface area contributed by atoms with Gasteiger partial charge in [0.2, 0.25) is 17.3 Å². The molecule has 0 spiro atoms. The molecular formula is C21H19BrN4O4S. The standard InChI is InChI=1S/C21H19BrN4O4S/c1-3-28-17(27)11-29-16-7-5-4-6-13(16)19-23-15-9-8-12(22)10-14(15)18-20(30-19)24-21(31-2)26-25-18/h4-10,19,23H,3,11H2,1-2H3. The zero-order valence-electron chi connectivity index (χ0n) is 16.8. The molecule has 1 N–H and O–H groups in total. The number of hydrogen-bond acceptors (Lipinski definition) is 9. The van der Waals surface area contributed by atoms with Gasteiger partial charge in [-0.1, -0.05) is 39.8 Å². The molecule has 1 aliphatic rings. The van der Waals surface area contributed by atoms with E-state index in [0.29, 0.717) is 34.7 Å². The minimum atomic E-state index is -0.633. The Hall–Kier alpha value is -2.85. The first kappa shape index (κ1) is 21.4. The number of nitrogens with one attached hydrogen (secondary N) is 1. The second-order valence-corrected chi connectivity index (χ2v) is 8.10. The SMILES string of the molecule is CCOC(=O)COc1ccccc1C1Nc2ccc(Br)cc2-c2nnc(SC)nc2O1. The summed E-state index contributed by atoms with van der Waals surface area (Å²) in [5, 5.41) is 12.4. The van der Waals surface area contributed by atoms with E-state index in [1.165, 1.54) is 11.8 Å². The Kier molecular flexibility index (Phi) is 6.57. The number of hydrogen-bond donors (Lipinski definition) is 1. The Bertz CT molecular complexity index is 1110. The molecule has 0 fully saturated rings. The molecule has 0 aliphatic carbocycles. The molecule has 3 aromatic rings. The summed E-state index contributed by atoms with van der Waals surface area (Å²) < 4.78 is 17.8. The Morgan fingerprint density at radius 2 is 2.10 bits per heavy atom. The third-order valence-electron chi connectivity index (χ3n) is 4.42. The summed E-state index contributed by atoms with van der Waals surface area (Å²) in [5.41, 5.74) is 2.86. The van der Waals surface area contributed by atoms with Gasteiger partial charge in [0.1, 0.15) is 5.75 Å². The van der Waals surface area contributed by atoms with E-state index in [4.69, 9.17) is 14.2 Å². The molecule has 4 rings (SSSR count). The van der Waals surface area contributed by atoms with E-state index in [-0.39, 0.29) is 6.61 Å². The molecule has 0 bridgehead atoms. The van der Waals surface area contributed by atoms with E-state index in [1.807, 2.05) is 42.7 Å². The average Bonchev–Trinajstić information content (AvgIpc) is 2.94. The number of anilines is 1. The van der Waals surface area contributed by atoms with Gasteiger partial charge in [0.15, 0.2) is 12.3 Å². The van der Waals surface area contributed by atoms with E-state index in [0.717, 1.165) is 15.7 Å². The van der Waals surface area contributed by atoms with Crippen LogP contribution in [0.3, 0.4) is 0 Å². The highest BCUT2D eigenvalue weighted by Gasteiger charge is 2.28. The van der Waals surface area contributed by atoms with Crippen LogP contribution in [-0.4, -0.2) is 40.6 Å². The normalized spacial score (nSPS) is 14.4. The fourth-order valence-electron chi connectivity index (χ4n) is 3.07. The van der Waals surface area contributed by atoms with Crippen molar-refractivity contribution in [2.24, 2.45) is 0 Å². The maximum atomic E-state index is 11.8. The number of thioether (sulfide) groups is 1. The van der Waals surface area contributed by atoms with E-state index >= 15 is 0 Å². The molecule has 10 heteroatoms. The molecule has 0 amide bonds. The van der Waals surface area contributed by atoms with Gasteiger partial charge < -0.3 is 19.5 Å². The van der Waals surface area contributed by atoms with E-state index in [9.17, 15) is 4.79 Å². The summed E-state index contributed by atoms with van der Waals surface area (Å²) >= 11 is 4.89. The fraction of sp³-hybridized carbons (Fsp3) is 0.238. The van der Waals surface area contributed by atoms with Crippen LogP contribution in [0.5, 0.6) is 11.6 Å². The average molecular weight is 503 g/mol. The zero-order chi connectivity index (χ0) is 21.8.